The van der Waals surface area contributed by atoms with Crippen LogP contribution in [0.3, 0.4) is 0 Å². The van der Waals surface area contributed by atoms with Gasteiger partial charge in [-0.05, 0) is 18.9 Å². The molecule has 0 N–H and O–H groups in total. The van der Waals surface area contributed by atoms with Gasteiger partial charge in [0.25, 0.3) is 0 Å². The number of hydrogen-bond donors (Lipinski definition) is 0. The van der Waals surface area contributed by atoms with Crippen molar-refractivity contribution >= 4 is 0 Å². The van der Waals surface area contributed by atoms with Crippen LogP contribution in [0.5, 0.6) is 0 Å². The van der Waals surface area contributed by atoms with Crippen LogP contribution in [0.15, 0.2) is 12.7 Å². The van der Waals surface area contributed by atoms with Crippen molar-refractivity contribution in [1.82, 2.24) is 0 Å². The summed E-state index contributed by atoms with van der Waals surface area (Å²) in [5, 5.41) is 0. The molecule has 2 nitrogen and oxygen atoms in total. The lowest BCUT2D eigenvalue weighted by molar-refractivity contribution is -0.207. The fourth-order valence-electron chi connectivity index (χ4n) is 2.92. The second-order valence-electron chi connectivity index (χ2n) is 5.73. The Bertz CT molecular complexity index is 221. The van der Waals surface area contributed by atoms with Gasteiger partial charge in [0.15, 0.2) is 5.79 Å². The number of rotatable bonds is 14. The zero-order chi connectivity index (χ0) is 15.3. The van der Waals surface area contributed by atoms with Crippen LogP contribution in [0.4, 0.5) is 0 Å². The van der Waals surface area contributed by atoms with E-state index in [0.717, 1.165) is 6.42 Å². The summed E-state index contributed by atoms with van der Waals surface area (Å²) < 4.78 is 11.3. The second kappa shape index (κ2) is 12.4. The van der Waals surface area contributed by atoms with Crippen LogP contribution < -0.4 is 0 Å². The third kappa shape index (κ3) is 6.90. The first-order valence-corrected chi connectivity index (χ1v) is 8.44. The Hall–Kier alpha value is -0.340. The summed E-state index contributed by atoms with van der Waals surface area (Å²) in [6.45, 7) is 8.42. The molecule has 0 amide bonds. The highest BCUT2D eigenvalue weighted by atomic mass is 16.7. The monoisotopic (exact) mass is 284 g/mol. The number of unbranched alkanes of at least 4 members (excludes halogenated alkanes) is 6. The first kappa shape index (κ1) is 19.7. The molecule has 0 rings (SSSR count). The van der Waals surface area contributed by atoms with E-state index in [9.17, 15) is 0 Å². The maximum Gasteiger partial charge on any atom is 0.189 e. The largest absolute Gasteiger partial charge is 0.349 e. The Kier molecular flexibility index (Phi) is 12.2. The van der Waals surface area contributed by atoms with E-state index in [4.69, 9.17) is 9.47 Å². The van der Waals surface area contributed by atoms with Crippen LogP contribution >= 0.6 is 0 Å². The van der Waals surface area contributed by atoms with Crippen LogP contribution in [0, 0.1) is 5.92 Å². The van der Waals surface area contributed by atoms with Crippen molar-refractivity contribution in [2.24, 2.45) is 5.92 Å². The van der Waals surface area contributed by atoms with Crippen LogP contribution in [-0.2, 0) is 9.47 Å². The molecule has 0 bridgehead atoms. The van der Waals surface area contributed by atoms with E-state index < -0.39 is 5.79 Å². The van der Waals surface area contributed by atoms with Crippen molar-refractivity contribution in [1.29, 1.82) is 0 Å². The summed E-state index contributed by atoms with van der Waals surface area (Å²) in [5.74, 6) is -0.181. The van der Waals surface area contributed by atoms with E-state index in [1.54, 1.807) is 14.2 Å². The van der Waals surface area contributed by atoms with Crippen molar-refractivity contribution in [3.63, 3.8) is 0 Å². The lowest BCUT2D eigenvalue weighted by Gasteiger charge is -2.36. The van der Waals surface area contributed by atoms with Crippen LogP contribution in [-0.4, -0.2) is 20.0 Å². The SMILES string of the molecule is C=CC(OC)(OC)C(CCCC)CCCCCCCC. The summed E-state index contributed by atoms with van der Waals surface area (Å²) in [6, 6.07) is 0. The van der Waals surface area contributed by atoms with Gasteiger partial charge in [0.2, 0.25) is 0 Å². The van der Waals surface area contributed by atoms with E-state index in [1.807, 2.05) is 6.08 Å². The average molecular weight is 284 g/mol. The van der Waals surface area contributed by atoms with Crippen LogP contribution in [0.25, 0.3) is 0 Å². The number of hydrogen-bond acceptors (Lipinski definition) is 2. The van der Waals surface area contributed by atoms with Crippen LogP contribution in [0.2, 0.25) is 0 Å². The predicted molar refractivity (Wildman–Crippen MR) is 88.0 cm³/mol. The molecule has 1 unspecified atom stereocenters. The molecule has 120 valence electrons. The standard InChI is InChI=1S/C18H36O2/c1-6-9-11-12-13-14-16-17(15-10-7-2)18(8-3,19-4)20-5/h8,17H,3,6-7,9-16H2,1-2,4-5H3. The van der Waals surface area contributed by atoms with E-state index in [2.05, 4.69) is 20.4 Å². The molecule has 2 heteroatoms. The van der Waals surface area contributed by atoms with Gasteiger partial charge in [-0.3, -0.25) is 0 Å². The Balaban J connectivity index is 4.29. The van der Waals surface area contributed by atoms with Gasteiger partial charge in [-0.25, -0.2) is 0 Å². The van der Waals surface area contributed by atoms with E-state index in [1.165, 1.54) is 57.8 Å². The zero-order valence-corrected chi connectivity index (χ0v) is 14.2. The van der Waals surface area contributed by atoms with Crippen molar-refractivity contribution in [2.45, 2.75) is 83.8 Å². The molecule has 0 aliphatic rings. The van der Waals surface area contributed by atoms with Gasteiger partial charge in [0.05, 0.1) is 0 Å². The lowest BCUT2D eigenvalue weighted by Crippen LogP contribution is -2.40. The predicted octanol–water partition coefficient (Wildman–Crippen LogP) is 5.72. The summed E-state index contributed by atoms with van der Waals surface area (Å²) in [6.07, 6.45) is 14.6. The van der Waals surface area contributed by atoms with Gasteiger partial charge in [0.1, 0.15) is 0 Å². The maximum absolute atomic E-state index is 5.65. The molecule has 0 aromatic heterocycles. The molecule has 0 saturated carbocycles. The Morgan fingerprint density at radius 2 is 1.35 bits per heavy atom. The fraction of sp³-hybridized carbons (Fsp3) is 0.889. The highest BCUT2D eigenvalue weighted by molar-refractivity contribution is 4.94. The molecule has 0 spiro atoms. The normalized spacial score (nSPS) is 13.4. The minimum Gasteiger partial charge on any atom is -0.349 e. The Morgan fingerprint density at radius 1 is 0.850 bits per heavy atom. The van der Waals surface area contributed by atoms with Crippen LogP contribution in [0.1, 0.15) is 78.1 Å². The Labute approximate surface area is 126 Å². The topological polar surface area (TPSA) is 18.5 Å². The first-order valence-electron chi connectivity index (χ1n) is 8.44. The number of ether oxygens (including phenoxy) is 2. The minimum atomic E-state index is -0.599. The van der Waals surface area contributed by atoms with Gasteiger partial charge in [0, 0.05) is 20.1 Å². The highest BCUT2D eigenvalue weighted by Crippen LogP contribution is 2.32. The third-order valence-electron chi connectivity index (χ3n) is 4.30. The molecule has 1 atom stereocenters. The van der Waals surface area contributed by atoms with E-state index >= 15 is 0 Å². The molecule has 0 heterocycles. The lowest BCUT2D eigenvalue weighted by atomic mass is 9.87. The van der Waals surface area contributed by atoms with Crippen molar-refractivity contribution in [3.8, 4) is 0 Å². The third-order valence-corrected chi connectivity index (χ3v) is 4.30. The molecule has 0 radical (unpaired) electrons. The van der Waals surface area contributed by atoms with Crippen molar-refractivity contribution in [2.75, 3.05) is 14.2 Å². The van der Waals surface area contributed by atoms with E-state index in [-0.39, 0.29) is 0 Å². The first-order chi connectivity index (χ1) is 9.70. The van der Waals surface area contributed by atoms with E-state index in [0.29, 0.717) is 5.92 Å². The molecule has 20 heavy (non-hydrogen) atoms. The quantitative estimate of drug-likeness (QED) is 0.231. The smallest absolute Gasteiger partial charge is 0.189 e. The van der Waals surface area contributed by atoms with Gasteiger partial charge in [-0.2, -0.15) is 0 Å². The summed E-state index contributed by atoms with van der Waals surface area (Å²) in [4.78, 5) is 0. The minimum absolute atomic E-state index is 0.418. The zero-order valence-electron chi connectivity index (χ0n) is 14.2. The summed E-state index contributed by atoms with van der Waals surface area (Å²) in [5.41, 5.74) is 0. The second-order valence-corrected chi connectivity index (χ2v) is 5.73. The summed E-state index contributed by atoms with van der Waals surface area (Å²) >= 11 is 0. The number of methoxy groups -OCH3 is 2. The fourth-order valence-corrected chi connectivity index (χ4v) is 2.92. The highest BCUT2D eigenvalue weighted by Gasteiger charge is 2.35. The Morgan fingerprint density at radius 3 is 1.85 bits per heavy atom. The van der Waals surface area contributed by atoms with Gasteiger partial charge >= 0.3 is 0 Å². The molecule has 0 fully saturated rings. The van der Waals surface area contributed by atoms with Gasteiger partial charge in [-0.1, -0.05) is 71.8 Å². The van der Waals surface area contributed by atoms with Gasteiger partial charge in [-0.15, -0.1) is 0 Å². The molecule has 0 aliphatic heterocycles. The van der Waals surface area contributed by atoms with Gasteiger partial charge < -0.3 is 9.47 Å². The molecule has 0 aromatic carbocycles. The maximum atomic E-state index is 5.65. The van der Waals surface area contributed by atoms with Crippen molar-refractivity contribution in [3.05, 3.63) is 12.7 Å². The molecule has 0 aromatic rings. The van der Waals surface area contributed by atoms with Crippen molar-refractivity contribution < 1.29 is 9.47 Å². The molecular weight excluding hydrogens is 248 g/mol. The molecule has 0 aliphatic carbocycles. The molecular formula is C18H36O2. The molecule has 0 saturated heterocycles. The average Bonchev–Trinajstić information content (AvgIpc) is 2.49. The summed E-state index contributed by atoms with van der Waals surface area (Å²) in [7, 11) is 3.46.